The van der Waals surface area contributed by atoms with E-state index in [9.17, 15) is 4.79 Å². The molecule has 0 N–H and O–H groups in total. The quantitative estimate of drug-likeness (QED) is 0.436. The molecule has 0 aromatic heterocycles. The lowest BCUT2D eigenvalue weighted by atomic mass is 10.4. The molecule has 4 nitrogen and oxygen atoms in total. The Morgan fingerprint density at radius 2 is 2.47 bits per heavy atom. The largest absolute Gasteiger partial charge is 0.463 e. The van der Waals surface area contributed by atoms with Gasteiger partial charge in [0.15, 0.2) is 6.29 Å². The van der Waals surface area contributed by atoms with Crippen LogP contribution in [0.25, 0.3) is 0 Å². The first-order valence-electron chi connectivity index (χ1n) is 4.94. The monoisotopic (exact) mass is 278 g/mol. The van der Waals surface area contributed by atoms with Gasteiger partial charge in [0.1, 0.15) is 0 Å². The number of ether oxygens (including phenoxy) is 3. The van der Waals surface area contributed by atoms with Crippen molar-refractivity contribution < 1.29 is 19.0 Å². The Morgan fingerprint density at radius 1 is 1.67 bits per heavy atom. The maximum Gasteiger partial charge on any atom is 0.330 e. The first-order valence-corrected chi connectivity index (χ1v) is 5.86. The molecule has 1 rings (SSSR count). The minimum Gasteiger partial charge on any atom is -0.463 e. The zero-order valence-corrected chi connectivity index (χ0v) is 10.2. The van der Waals surface area contributed by atoms with Crippen LogP contribution in [0.15, 0.2) is 12.2 Å². The highest BCUT2D eigenvalue weighted by atomic mass is 79.9. The SMILES string of the molecule is CCOC(=O)/C=C/COC1OCCC1Br. The van der Waals surface area contributed by atoms with Crippen LogP contribution in [0.5, 0.6) is 0 Å². The van der Waals surface area contributed by atoms with E-state index in [1.807, 2.05) is 0 Å². The second-order valence-electron chi connectivity index (χ2n) is 3.03. The summed E-state index contributed by atoms with van der Waals surface area (Å²) >= 11 is 3.44. The number of alkyl halides is 1. The van der Waals surface area contributed by atoms with Crippen LogP contribution in [0, 0.1) is 0 Å². The summed E-state index contributed by atoms with van der Waals surface area (Å²) in [5.74, 6) is -0.344. The molecule has 0 radical (unpaired) electrons. The third kappa shape index (κ3) is 4.77. The van der Waals surface area contributed by atoms with E-state index in [-0.39, 0.29) is 17.1 Å². The molecular formula is C10H15BrO4. The molecule has 0 aliphatic carbocycles. The van der Waals surface area contributed by atoms with E-state index in [0.29, 0.717) is 19.8 Å². The molecule has 0 aromatic rings. The number of hydrogen-bond donors (Lipinski definition) is 0. The van der Waals surface area contributed by atoms with Crippen LogP contribution < -0.4 is 0 Å². The average Bonchev–Trinajstić information content (AvgIpc) is 2.60. The Kier molecular flexibility index (Phi) is 5.90. The number of carbonyl (C=O) groups excluding carboxylic acids is 1. The number of esters is 1. The molecule has 1 saturated heterocycles. The predicted molar refractivity (Wildman–Crippen MR) is 58.8 cm³/mol. The molecule has 1 aliphatic rings. The molecule has 5 heteroatoms. The highest BCUT2D eigenvalue weighted by Crippen LogP contribution is 2.21. The third-order valence-electron chi connectivity index (χ3n) is 1.87. The Balaban J connectivity index is 2.12. The lowest BCUT2D eigenvalue weighted by molar-refractivity contribution is -0.137. The van der Waals surface area contributed by atoms with E-state index < -0.39 is 0 Å². The minimum absolute atomic E-state index is 0.211. The number of halogens is 1. The molecule has 0 saturated carbocycles. The molecule has 2 atom stereocenters. The van der Waals surface area contributed by atoms with Gasteiger partial charge < -0.3 is 14.2 Å². The topological polar surface area (TPSA) is 44.8 Å². The highest BCUT2D eigenvalue weighted by molar-refractivity contribution is 9.09. The molecule has 1 aliphatic heterocycles. The van der Waals surface area contributed by atoms with Gasteiger partial charge in [-0.3, -0.25) is 0 Å². The van der Waals surface area contributed by atoms with E-state index in [4.69, 9.17) is 14.2 Å². The lowest BCUT2D eigenvalue weighted by Gasteiger charge is -2.12. The fourth-order valence-corrected chi connectivity index (χ4v) is 1.67. The number of carbonyl (C=O) groups is 1. The van der Waals surface area contributed by atoms with Gasteiger partial charge in [0.2, 0.25) is 0 Å². The molecule has 2 unspecified atom stereocenters. The van der Waals surface area contributed by atoms with Crippen LogP contribution in [-0.2, 0) is 19.0 Å². The van der Waals surface area contributed by atoms with E-state index in [1.54, 1.807) is 13.0 Å². The molecule has 1 fully saturated rings. The fourth-order valence-electron chi connectivity index (χ4n) is 1.17. The normalized spacial score (nSPS) is 26.0. The maximum absolute atomic E-state index is 10.9. The summed E-state index contributed by atoms with van der Waals surface area (Å²) in [6, 6.07) is 0. The van der Waals surface area contributed by atoms with Gasteiger partial charge in [0, 0.05) is 6.08 Å². The van der Waals surface area contributed by atoms with Crippen molar-refractivity contribution in [3.8, 4) is 0 Å². The predicted octanol–water partition coefficient (Wildman–Crippen LogP) is 1.63. The van der Waals surface area contributed by atoms with Crippen molar-refractivity contribution in [3.63, 3.8) is 0 Å². The summed E-state index contributed by atoms with van der Waals surface area (Å²) in [7, 11) is 0. The summed E-state index contributed by atoms with van der Waals surface area (Å²) in [5.41, 5.74) is 0. The molecule has 0 bridgehead atoms. The molecule has 1 heterocycles. The summed E-state index contributed by atoms with van der Waals surface area (Å²) in [4.78, 5) is 11.1. The zero-order valence-electron chi connectivity index (χ0n) is 8.65. The fraction of sp³-hybridized carbons (Fsp3) is 0.700. The van der Waals surface area contributed by atoms with Crippen LogP contribution in [0.1, 0.15) is 13.3 Å². The standard InChI is InChI=1S/C10H15BrO4/c1-2-13-9(12)4-3-6-14-10-8(11)5-7-15-10/h3-4,8,10H,2,5-7H2,1H3/b4-3+. The van der Waals surface area contributed by atoms with Crippen LogP contribution in [0.2, 0.25) is 0 Å². The van der Waals surface area contributed by atoms with Crippen molar-refractivity contribution in [1.82, 2.24) is 0 Å². The Bertz CT molecular complexity index is 229. The smallest absolute Gasteiger partial charge is 0.330 e. The zero-order chi connectivity index (χ0) is 11.1. The van der Waals surface area contributed by atoms with Gasteiger partial charge in [-0.15, -0.1) is 0 Å². The summed E-state index contributed by atoms with van der Waals surface area (Å²) < 4.78 is 15.4. The first-order chi connectivity index (χ1) is 7.24. The van der Waals surface area contributed by atoms with Gasteiger partial charge in [-0.1, -0.05) is 22.0 Å². The Labute approximate surface area is 97.7 Å². The van der Waals surface area contributed by atoms with Crippen molar-refractivity contribution in [2.24, 2.45) is 0 Å². The van der Waals surface area contributed by atoms with Crippen LogP contribution in [0.4, 0.5) is 0 Å². The molecular weight excluding hydrogens is 264 g/mol. The Hall–Kier alpha value is -0.390. The first kappa shape index (κ1) is 12.7. The minimum atomic E-state index is -0.344. The summed E-state index contributed by atoms with van der Waals surface area (Å²) in [5, 5.41) is 0. The van der Waals surface area contributed by atoms with Gasteiger partial charge in [-0.25, -0.2) is 4.79 Å². The van der Waals surface area contributed by atoms with E-state index in [0.717, 1.165) is 6.42 Å². The summed E-state index contributed by atoms with van der Waals surface area (Å²) in [6.45, 7) is 3.22. The lowest BCUT2D eigenvalue weighted by Crippen LogP contribution is -2.19. The summed E-state index contributed by atoms with van der Waals surface area (Å²) in [6.07, 6.45) is 3.73. The van der Waals surface area contributed by atoms with Gasteiger partial charge >= 0.3 is 5.97 Å². The highest BCUT2D eigenvalue weighted by Gasteiger charge is 2.25. The van der Waals surface area contributed by atoms with Gasteiger partial charge in [-0.05, 0) is 13.3 Å². The molecule has 0 aromatic carbocycles. The van der Waals surface area contributed by atoms with E-state index >= 15 is 0 Å². The van der Waals surface area contributed by atoms with E-state index in [1.165, 1.54) is 6.08 Å². The van der Waals surface area contributed by atoms with Crippen molar-refractivity contribution in [2.75, 3.05) is 19.8 Å². The molecule has 0 spiro atoms. The molecule has 86 valence electrons. The van der Waals surface area contributed by atoms with E-state index in [2.05, 4.69) is 15.9 Å². The van der Waals surface area contributed by atoms with Crippen molar-refractivity contribution in [3.05, 3.63) is 12.2 Å². The second kappa shape index (κ2) is 6.98. The van der Waals surface area contributed by atoms with Gasteiger partial charge in [-0.2, -0.15) is 0 Å². The number of hydrogen-bond acceptors (Lipinski definition) is 4. The average molecular weight is 279 g/mol. The van der Waals surface area contributed by atoms with Crippen LogP contribution in [-0.4, -0.2) is 36.9 Å². The van der Waals surface area contributed by atoms with Crippen LogP contribution in [0.3, 0.4) is 0 Å². The van der Waals surface area contributed by atoms with Crippen molar-refractivity contribution in [2.45, 2.75) is 24.5 Å². The Morgan fingerprint density at radius 3 is 3.07 bits per heavy atom. The van der Waals surface area contributed by atoms with Gasteiger partial charge in [0.05, 0.1) is 24.6 Å². The number of rotatable bonds is 5. The van der Waals surface area contributed by atoms with Crippen molar-refractivity contribution >= 4 is 21.9 Å². The van der Waals surface area contributed by atoms with Crippen LogP contribution >= 0.6 is 15.9 Å². The second-order valence-corrected chi connectivity index (χ2v) is 4.21. The molecule has 0 amide bonds. The third-order valence-corrected chi connectivity index (χ3v) is 2.76. The van der Waals surface area contributed by atoms with Gasteiger partial charge in [0.25, 0.3) is 0 Å². The molecule has 15 heavy (non-hydrogen) atoms. The van der Waals surface area contributed by atoms with Crippen molar-refractivity contribution in [1.29, 1.82) is 0 Å². The maximum atomic E-state index is 10.9.